The molecule has 0 unspecified atom stereocenters. The van der Waals surface area contributed by atoms with E-state index < -0.39 is 5.41 Å². The summed E-state index contributed by atoms with van der Waals surface area (Å²) >= 11 is 0. The second-order valence-corrected chi connectivity index (χ2v) is 6.75. The van der Waals surface area contributed by atoms with Gasteiger partial charge in [0.05, 0.1) is 0 Å². The summed E-state index contributed by atoms with van der Waals surface area (Å²) in [4.78, 5) is 25.6. The van der Waals surface area contributed by atoms with Crippen molar-refractivity contribution in [1.29, 1.82) is 0 Å². The molecule has 2 nitrogen and oxygen atoms in total. The van der Waals surface area contributed by atoms with Crippen molar-refractivity contribution in [1.82, 2.24) is 0 Å². The van der Waals surface area contributed by atoms with E-state index in [1.165, 1.54) is 0 Å². The molecular formula is C23H22O2. The van der Waals surface area contributed by atoms with Gasteiger partial charge in [0.2, 0.25) is 5.78 Å². The van der Waals surface area contributed by atoms with Crippen LogP contribution in [0, 0.1) is 17.3 Å². The summed E-state index contributed by atoms with van der Waals surface area (Å²) in [5, 5.41) is 0. The van der Waals surface area contributed by atoms with Crippen LogP contribution in [0.25, 0.3) is 0 Å². The zero-order valence-electron chi connectivity index (χ0n) is 14.3. The van der Waals surface area contributed by atoms with Crippen molar-refractivity contribution in [3.05, 3.63) is 71.8 Å². The van der Waals surface area contributed by atoms with E-state index in [4.69, 9.17) is 0 Å². The first-order valence-corrected chi connectivity index (χ1v) is 8.89. The highest BCUT2D eigenvalue weighted by Gasteiger charge is 2.40. The Balaban J connectivity index is 1.82. The standard InChI is InChI=1S/C23H22O2/c24-21(20-12-6-2-7-13-20)18-23(16-8-3-9-17-23)22(25)15-14-19-10-4-1-5-11-19/h1-2,4-7,10-13H,3,8-9,16-18H2. The first kappa shape index (κ1) is 17.2. The van der Waals surface area contributed by atoms with E-state index in [9.17, 15) is 9.59 Å². The second-order valence-electron chi connectivity index (χ2n) is 6.75. The largest absolute Gasteiger partial charge is 0.294 e. The summed E-state index contributed by atoms with van der Waals surface area (Å²) < 4.78 is 0. The number of rotatable bonds is 4. The summed E-state index contributed by atoms with van der Waals surface area (Å²) in [7, 11) is 0. The van der Waals surface area contributed by atoms with Gasteiger partial charge in [-0.05, 0) is 30.9 Å². The van der Waals surface area contributed by atoms with Gasteiger partial charge in [0.1, 0.15) is 0 Å². The van der Waals surface area contributed by atoms with Gasteiger partial charge in [-0.15, -0.1) is 0 Å². The van der Waals surface area contributed by atoms with Crippen LogP contribution in [0.3, 0.4) is 0 Å². The molecule has 1 aliphatic carbocycles. The van der Waals surface area contributed by atoms with Crippen molar-refractivity contribution in [2.45, 2.75) is 38.5 Å². The Morgan fingerprint density at radius 1 is 0.840 bits per heavy atom. The molecule has 0 N–H and O–H groups in total. The van der Waals surface area contributed by atoms with Gasteiger partial charge in [0.15, 0.2) is 5.78 Å². The van der Waals surface area contributed by atoms with Gasteiger partial charge in [-0.3, -0.25) is 9.59 Å². The molecule has 2 aromatic carbocycles. The van der Waals surface area contributed by atoms with Crippen LogP contribution < -0.4 is 0 Å². The maximum Gasteiger partial charge on any atom is 0.212 e. The summed E-state index contributed by atoms with van der Waals surface area (Å²) in [6, 6.07) is 18.8. The minimum Gasteiger partial charge on any atom is -0.294 e. The van der Waals surface area contributed by atoms with Crippen molar-refractivity contribution >= 4 is 11.6 Å². The Labute approximate surface area is 149 Å². The maximum absolute atomic E-state index is 12.9. The van der Waals surface area contributed by atoms with Crippen LogP contribution in [0.1, 0.15) is 54.4 Å². The van der Waals surface area contributed by atoms with Crippen LogP contribution in [0.5, 0.6) is 0 Å². The van der Waals surface area contributed by atoms with Crippen LogP contribution in [0.15, 0.2) is 60.7 Å². The lowest BCUT2D eigenvalue weighted by Gasteiger charge is -2.33. The Morgan fingerprint density at radius 2 is 1.44 bits per heavy atom. The van der Waals surface area contributed by atoms with Crippen LogP contribution in [-0.4, -0.2) is 11.6 Å². The van der Waals surface area contributed by atoms with Gasteiger partial charge >= 0.3 is 0 Å². The molecule has 1 saturated carbocycles. The average Bonchev–Trinajstić information content (AvgIpc) is 2.68. The van der Waals surface area contributed by atoms with Gasteiger partial charge in [-0.25, -0.2) is 0 Å². The third-order valence-corrected chi connectivity index (χ3v) is 4.98. The highest BCUT2D eigenvalue weighted by Crippen LogP contribution is 2.41. The zero-order valence-corrected chi connectivity index (χ0v) is 14.3. The highest BCUT2D eigenvalue weighted by atomic mass is 16.1. The number of ketones is 2. The Hall–Kier alpha value is -2.66. The lowest BCUT2D eigenvalue weighted by Crippen LogP contribution is -2.35. The molecule has 1 fully saturated rings. The SMILES string of the molecule is O=C(CC1(C(=O)C#Cc2ccccc2)CCCCC1)c1ccccc1. The van der Waals surface area contributed by atoms with E-state index in [1.54, 1.807) is 0 Å². The molecule has 25 heavy (non-hydrogen) atoms. The molecule has 0 atom stereocenters. The summed E-state index contributed by atoms with van der Waals surface area (Å²) in [5.74, 6) is 5.75. The van der Waals surface area contributed by atoms with E-state index >= 15 is 0 Å². The quantitative estimate of drug-likeness (QED) is 0.594. The fourth-order valence-corrected chi connectivity index (χ4v) is 3.53. The van der Waals surface area contributed by atoms with Crippen LogP contribution in [0.4, 0.5) is 0 Å². The predicted octanol–water partition coefficient (Wildman–Crippen LogP) is 4.83. The summed E-state index contributed by atoms with van der Waals surface area (Å²) in [6.45, 7) is 0. The third kappa shape index (κ3) is 4.25. The van der Waals surface area contributed by atoms with Crippen LogP contribution in [0.2, 0.25) is 0 Å². The van der Waals surface area contributed by atoms with Gasteiger partial charge in [-0.2, -0.15) is 0 Å². The topological polar surface area (TPSA) is 34.1 Å². The molecule has 0 heterocycles. The third-order valence-electron chi connectivity index (χ3n) is 4.98. The van der Waals surface area contributed by atoms with Crippen molar-refractivity contribution in [3.8, 4) is 11.8 Å². The number of hydrogen-bond acceptors (Lipinski definition) is 2. The normalized spacial score (nSPS) is 15.7. The van der Waals surface area contributed by atoms with Crippen molar-refractivity contribution in [3.63, 3.8) is 0 Å². The van der Waals surface area contributed by atoms with E-state index in [1.807, 2.05) is 60.7 Å². The Bertz CT molecular complexity index is 788. The smallest absolute Gasteiger partial charge is 0.212 e. The molecule has 0 spiro atoms. The number of carbonyl (C=O) groups is 2. The molecular weight excluding hydrogens is 308 g/mol. The van der Waals surface area contributed by atoms with E-state index in [0.717, 1.165) is 37.7 Å². The first-order chi connectivity index (χ1) is 12.2. The molecule has 0 bridgehead atoms. The highest BCUT2D eigenvalue weighted by molar-refractivity contribution is 6.05. The lowest BCUT2D eigenvalue weighted by molar-refractivity contribution is -0.124. The monoisotopic (exact) mass is 330 g/mol. The molecule has 2 aromatic rings. The van der Waals surface area contributed by atoms with E-state index in [0.29, 0.717) is 5.56 Å². The van der Waals surface area contributed by atoms with Gasteiger partial charge in [0.25, 0.3) is 0 Å². The number of carbonyl (C=O) groups excluding carboxylic acids is 2. The molecule has 126 valence electrons. The maximum atomic E-state index is 12.9. The molecule has 0 saturated heterocycles. The van der Waals surface area contributed by atoms with E-state index in [2.05, 4.69) is 11.8 Å². The molecule has 0 amide bonds. The average molecular weight is 330 g/mol. The number of Topliss-reactive ketones (excluding diaryl/α,β-unsaturated/α-hetero) is 2. The van der Waals surface area contributed by atoms with Gasteiger partial charge in [-0.1, -0.05) is 73.7 Å². The molecule has 0 aliphatic heterocycles. The van der Waals surface area contributed by atoms with E-state index in [-0.39, 0.29) is 18.0 Å². The Morgan fingerprint density at radius 3 is 2.08 bits per heavy atom. The first-order valence-electron chi connectivity index (χ1n) is 8.89. The summed E-state index contributed by atoms with van der Waals surface area (Å²) in [6.07, 6.45) is 4.88. The van der Waals surface area contributed by atoms with Crippen molar-refractivity contribution in [2.24, 2.45) is 5.41 Å². The van der Waals surface area contributed by atoms with Gasteiger partial charge < -0.3 is 0 Å². The Kier molecular flexibility index (Phi) is 5.46. The zero-order chi connectivity index (χ0) is 17.5. The fraction of sp³-hybridized carbons (Fsp3) is 0.304. The molecule has 2 heteroatoms. The summed E-state index contributed by atoms with van der Waals surface area (Å²) in [5.41, 5.74) is 0.889. The number of hydrogen-bond donors (Lipinski definition) is 0. The van der Waals surface area contributed by atoms with Crippen molar-refractivity contribution < 1.29 is 9.59 Å². The fourth-order valence-electron chi connectivity index (χ4n) is 3.53. The van der Waals surface area contributed by atoms with Crippen LogP contribution >= 0.6 is 0 Å². The lowest BCUT2D eigenvalue weighted by atomic mass is 9.67. The minimum atomic E-state index is -0.618. The molecule has 3 rings (SSSR count). The second kappa shape index (κ2) is 7.94. The molecule has 0 radical (unpaired) electrons. The molecule has 0 aromatic heterocycles. The predicted molar refractivity (Wildman–Crippen MR) is 99.2 cm³/mol. The van der Waals surface area contributed by atoms with Crippen molar-refractivity contribution in [2.75, 3.05) is 0 Å². The number of benzene rings is 2. The minimum absolute atomic E-state index is 0.0392. The molecule has 1 aliphatic rings. The van der Waals surface area contributed by atoms with Gasteiger partial charge in [0, 0.05) is 23.0 Å². The van der Waals surface area contributed by atoms with Crippen LogP contribution in [-0.2, 0) is 4.79 Å².